The molecular formula is C12H19N2S. The van der Waals surface area contributed by atoms with Crippen LogP contribution in [0.5, 0.6) is 0 Å². The SMILES string of the molecule is CC(C)CN1CC[CH]C(c2ccns2)C1. The van der Waals surface area contributed by atoms with Gasteiger partial charge >= 0.3 is 0 Å². The maximum Gasteiger partial charge on any atom is 0.0409 e. The summed E-state index contributed by atoms with van der Waals surface area (Å²) >= 11 is 1.64. The molecule has 1 atom stereocenters. The van der Waals surface area contributed by atoms with E-state index in [-0.39, 0.29) is 0 Å². The van der Waals surface area contributed by atoms with Gasteiger partial charge in [-0.2, -0.15) is 0 Å². The van der Waals surface area contributed by atoms with Gasteiger partial charge in [0.1, 0.15) is 0 Å². The standard InChI is InChI=1S/C12H19N2S/c1-10(2)8-14-7-3-4-11(9-14)12-5-6-13-15-12/h4-6,10-11H,3,7-9H2,1-2H3. The van der Waals surface area contributed by atoms with Crippen molar-refractivity contribution in [3.05, 3.63) is 23.6 Å². The van der Waals surface area contributed by atoms with Crippen molar-refractivity contribution < 1.29 is 0 Å². The Bertz CT molecular complexity index is 282. The van der Waals surface area contributed by atoms with Crippen LogP contribution in [0.4, 0.5) is 0 Å². The minimum atomic E-state index is 0.616. The Balaban J connectivity index is 1.92. The van der Waals surface area contributed by atoms with E-state index in [0.29, 0.717) is 5.92 Å². The Labute approximate surface area is 96.5 Å². The summed E-state index contributed by atoms with van der Waals surface area (Å²) in [6.07, 6.45) is 5.58. The molecule has 1 aliphatic heterocycles. The second-order valence-corrected chi connectivity index (χ2v) is 5.56. The molecule has 1 radical (unpaired) electrons. The summed E-state index contributed by atoms with van der Waals surface area (Å²) in [5.74, 6) is 1.38. The fourth-order valence-electron chi connectivity index (χ4n) is 2.21. The lowest BCUT2D eigenvalue weighted by atomic mass is 9.96. The Morgan fingerprint density at radius 1 is 1.60 bits per heavy atom. The highest BCUT2D eigenvalue weighted by molar-refractivity contribution is 7.05. The number of rotatable bonds is 3. The fraction of sp³-hybridized carbons (Fsp3) is 0.667. The van der Waals surface area contributed by atoms with Gasteiger partial charge in [0.15, 0.2) is 0 Å². The molecule has 1 aliphatic rings. The molecule has 2 heterocycles. The number of hydrogen-bond donors (Lipinski definition) is 0. The van der Waals surface area contributed by atoms with E-state index < -0.39 is 0 Å². The van der Waals surface area contributed by atoms with Gasteiger partial charge in [-0.05, 0) is 42.9 Å². The summed E-state index contributed by atoms with van der Waals surface area (Å²) in [6, 6.07) is 2.16. The van der Waals surface area contributed by atoms with Crippen molar-refractivity contribution in [3.63, 3.8) is 0 Å². The Kier molecular flexibility index (Phi) is 3.76. The fourth-order valence-corrected chi connectivity index (χ4v) is 2.88. The molecule has 0 spiro atoms. The second-order valence-electron chi connectivity index (χ2n) is 4.70. The molecule has 0 bridgehead atoms. The number of hydrogen-bond acceptors (Lipinski definition) is 3. The number of likely N-dealkylation sites (tertiary alicyclic amines) is 1. The predicted octanol–water partition coefficient (Wildman–Crippen LogP) is 2.79. The molecule has 2 rings (SSSR count). The van der Waals surface area contributed by atoms with Gasteiger partial charge in [-0.25, -0.2) is 4.37 Å². The summed E-state index contributed by atoms with van der Waals surface area (Å²) in [5.41, 5.74) is 0. The quantitative estimate of drug-likeness (QED) is 0.783. The van der Waals surface area contributed by atoms with Gasteiger partial charge in [0.05, 0.1) is 0 Å². The van der Waals surface area contributed by atoms with Crippen molar-refractivity contribution in [1.29, 1.82) is 0 Å². The molecule has 1 unspecified atom stereocenters. The molecule has 0 aromatic carbocycles. The van der Waals surface area contributed by atoms with Crippen molar-refractivity contribution in [2.75, 3.05) is 19.6 Å². The maximum atomic E-state index is 4.19. The average Bonchev–Trinajstić information content (AvgIpc) is 2.69. The third-order valence-corrected chi connectivity index (χ3v) is 3.67. The van der Waals surface area contributed by atoms with E-state index in [9.17, 15) is 0 Å². The van der Waals surface area contributed by atoms with Crippen LogP contribution in [-0.2, 0) is 0 Å². The monoisotopic (exact) mass is 223 g/mol. The molecule has 0 N–H and O–H groups in total. The third kappa shape index (κ3) is 3.02. The van der Waals surface area contributed by atoms with Crippen molar-refractivity contribution in [2.24, 2.45) is 5.92 Å². The molecule has 0 aliphatic carbocycles. The van der Waals surface area contributed by atoms with Crippen LogP contribution in [0.1, 0.15) is 31.1 Å². The lowest BCUT2D eigenvalue weighted by Gasteiger charge is -2.32. The Morgan fingerprint density at radius 2 is 2.47 bits per heavy atom. The van der Waals surface area contributed by atoms with Crippen LogP contribution in [0.3, 0.4) is 0 Å². The minimum absolute atomic E-state index is 0.616. The van der Waals surface area contributed by atoms with Crippen molar-refractivity contribution in [3.8, 4) is 0 Å². The topological polar surface area (TPSA) is 16.1 Å². The van der Waals surface area contributed by atoms with Gasteiger partial charge in [-0.3, -0.25) is 0 Å². The van der Waals surface area contributed by atoms with Gasteiger partial charge in [0, 0.05) is 30.1 Å². The Hall–Kier alpha value is -0.410. The zero-order chi connectivity index (χ0) is 10.7. The summed E-state index contributed by atoms with van der Waals surface area (Å²) in [5, 5.41) is 0. The summed E-state index contributed by atoms with van der Waals surface area (Å²) < 4.78 is 4.19. The first-order valence-electron chi connectivity index (χ1n) is 5.72. The number of nitrogens with zero attached hydrogens (tertiary/aromatic N) is 2. The molecule has 15 heavy (non-hydrogen) atoms. The van der Waals surface area contributed by atoms with E-state index in [0.717, 1.165) is 5.92 Å². The van der Waals surface area contributed by atoms with Crippen LogP contribution in [0, 0.1) is 12.3 Å². The third-order valence-electron chi connectivity index (χ3n) is 2.80. The van der Waals surface area contributed by atoms with E-state index in [4.69, 9.17) is 0 Å². The van der Waals surface area contributed by atoms with E-state index in [1.165, 1.54) is 30.9 Å². The van der Waals surface area contributed by atoms with Gasteiger partial charge < -0.3 is 4.90 Å². The lowest BCUT2D eigenvalue weighted by molar-refractivity contribution is 0.214. The number of piperidine rings is 1. The van der Waals surface area contributed by atoms with Crippen molar-refractivity contribution in [2.45, 2.75) is 26.2 Å². The van der Waals surface area contributed by atoms with Gasteiger partial charge in [-0.15, -0.1) is 0 Å². The average molecular weight is 223 g/mol. The first kappa shape index (κ1) is 11.1. The molecule has 1 aromatic heterocycles. The zero-order valence-corrected chi connectivity index (χ0v) is 10.3. The molecular weight excluding hydrogens is 204 g/mol. The minimum Gasteiger partial charge on any atom is -0.302 e. The first-order chi connectivity index (χ1) is 7.25. The summed E-state index contributed by atoms with van der Waals surface area (Å²) in [6.45, 7) is 8.22. The Morgan fingerprint density at radius 3 is 3.13 bits per heavy atom. The first-order valence-corrected chi connectivity index (χ1v) is 6.49. The molecule has 0 saturated carbocycles. The highest BCUT2D eigenvalue weighted by Gasteiger charge is 2.22. The smallest absolute Gasteiger partial charge is 0.0409 e. The normalized spacial score (nSPS) is 23.5. The van der Waals surface area contributed by atoms with Gasteiger partial charge in [0.2, 0.25) is 0 Å². The van der Waals surface area contributed by atoms with Crippen LogP contribution in [0.2, 0.25) is 0 Å². The number of aromatic nitrogens is 1. The molecule has 0 amide bonds. The van der Waals surface area contributed by atoms with E-state index in [2.05, 4.69) is 35.6 Å². The molecule has 2 nitrogen and oxygen atoms in total. The van der Waals surface area contributed by atoms with Crippen LogP contribution in [-0.4, -0.2) is 28.9 Å². The van der Waals surface area contributed by atoms with Gasteiger partial charge in [0.25, 0.3) is 0 Å². The second kappa shape index (κ2) is 5.08. The van der Waals surface area contributed by atoms with Gasteiger partial charge in [-0.1, -0.05) is 13.8 Å². The molecule has 1 aromatic rings. The van der Waals surface area contributed by atoms with Crippen molar-refractivity contribution in [1.82, 2.24) is 9.27 Å². The summed E-state index contributed by atoms with van der Waals surface area (Å²) in [7, 11) is 0. The van der Waals surface area contributed by atoms with Crippen molar-refractivity contribution >= 4 is 11.5 Å². The molecule has 83 valence electrons. The zero-order valence-electron chi connectivity index (χ0n) is 9.52. The van der Waals surface area contributed by atoms with Crippen LogP contribution >= 0.6 is 11.5 Å². The highest BCUT2D eigenvalue weighted by atomic mass is 32.1. The summed E-state index contributed by atoms with van der Waals surface area (Å²) in [4.78, 5) is 4.00. The largest absolute Gasteiger partial charge is 0.302 e. The van der Waals surface area contributed by atoms with Crippen LogP contribution in [0.15, 0.2) is 12.3 Å². The lowest BCUT2D eigenvalue weighted by Crippen LogP contribution is -2.36. The highest BCUT2D eigenvalue weighted by Crippen LogP contribution is 2.28. The predicted molar refractivity (Wildman–Crippen MR) is 65.1 cm³/mol. The van der Waals surface area contributed by atoms with E-state index >= 15 is 0 Å². The van der Waals surface area contributed by atoms with Crippen LogP contribution < -0.4 is 0 Å². The molecule has 1 fully saturated rings. The molecule has 3 heteroatoms. The molecule has 1 saturated heterocycles. The van der Waals surface area contributed by atoms with E-state index in [1.54, 1.807) is 11.5 Å². The van der Waals surface area contributed by atoms with Crippen LogP contribution in [0.25, 0.3) is 0 Å². The maximum absolute atomic E-state index is 4.19. The van der Waals surface area contributed by atoms with E-state index in [1.807, 2.05) is 6.20 Å².